The van der Waals surface area contributed by atoms with Crippen LogP contribution < -0.4 is 14.8 Å². The number of hydrogen-bond acceptors (Lipinski definition) is 5. The summed E-state index contributed by atoms with van der Waals surface area (Å²) in [5.41, 5.74) is 0.587. The van der Waals surface area contributed by atoms with Gasteiger partial charge in [0.1, 0.15) is 11.5 Å². The van der Waals surface area contributed by atoms with Gasteiger partial charge >= 0.3 is 0 Å². The Hall–Kier alpha value is -2.21. The molecule has 1 aromatic carbocycles. The van der Waals surface area contributed by atoms with E-state index in [4.69, 9.17) is 9.47 Å². The van der Waals surface area contributed by atoms with E-state index in [1.54, 1.807) is 38.6 Å². The minimum Gasteiger partial charge on any atom is -0.497 e. The van der Waals surface area contributed by atoms with Crippen molar-refractivity contribution < 1.29 is 14.3 Å². The van der Waals surface area contributed by atoms with Gasteiger partial charge in [0, 0.05) is 12.3 Å². The van der Waals surface area contributed by atoms with Crippen molar-refractivity contribution in [1.82, 2.24) is 4.98 Å². The first-order chi connectivity index (χ1) is 10.2. The minimum absolute atomic E-state index is 0.128. The summed E-state index contributed by atoms with van der Waals surface area (Å²) in [6, 6.07) is 10.8. The van der Waals surface area contributed by atoms with E-state index in [1.807, 2.05) is 18.2 Å². The Balaban J connectivity index is 1.99. The van der Waals surface area contributed by atoms with E-state index >= 15 is 0 Å². The maximum absolute atomic E-state index is 12.0. The summed E-state index contributed by atoms with van der Waals surface area (Å²) >= 11 is 1.38. The van der Waals surface area contributed by atoms with E-state index in [2.05, 4.69) is 10.3 Å². The number of nitrogens with zero attached hydrogens (tertiary/aromatic N) is 1. The molecule has 0 saturated heterocycles. The van der Waals surface area contributed by atoms with Crippen molar-refractivity contribution in [2.75, 3.05) is 25.3 Å². The van der Waals surface area contributed by atoms with Gasteiger partial charge in [0.15, 0.2) is 0 Å². The molecule has 2 aromatic rings. The minimum atomic E-state index is -0.128. The zero-order valence-corrected chi connectivity index (χ0v) is 12.6. The molecule has 0 aliphatic carbocycles. The summed E-state index contributed by atoms with van der Waals surface area (Å²) in [7, 11) is 3.13. The molecule has 1 aromatic heterocycles. The first kappa shape index (κ1) is 15.2. The molecule has 0 saturated carbocycles. The van der Waals surface area contributed by atoms with Crippen LogP contribution in [0.15, 0.2) is 47.6 Å². The van der Waals surface area contributed by atoms with E-state index in [9.17, 15) is 4.79 Å². The second-order valence-electron chi connectivity index (χ2n) is 4.07. The number of carbonyl (C=O) groups is 1. The normalized spacial score (nSPS) is 10.0. The van der Waals surface area contributed by atoms with Crippen LogP contribution in [0.4, 0.5) is 5.69 Å². The summed E-state index contributed by atoms with van der Waals surface area (Å²) in [6.45, 7) is 0. The molecule has 1 N–H and O–H groups in total. The Morgan fingerprint density at radius 1 is 1.24 bits per heavy atom. The molecule has 0 fully saturated rings. The molecule has 1 amide bonds. The van der Waals surface area contributed by atoms with Gasteiger partial charge in [-0.25, -0.2) is 4.98 Å². The predicted octanol–water partition coefficient (Wildman–Crippen LogP) is 2.83. The molecule has 0 spiro atoms. The van der Waals surface area contributed by atoms with E-state index in [0.717, 1.165) is 5.03 Å². The Bertz CT molecular complexity index is 605. The lowest BCUT2D eigenvalue weighted by molar-refractivity contribution is -0.113. The SMILES string of the molecule is COc1ccc(OC)c(NC(=O)CSc2ccccn2)c1. The van der Waals surface area contributed by atoms with Gasteiger partial charge in [-0.1, -0.05) is 17.8 Å². The standard InChI is InChI=1S/C15H16N2O3S/c1-19-11-6-7-13(20-2)12(9-11)17-14(18)10-21-15-5-3-4-8-16-15/h3-9H,10H2,1-2H3,(H,17,18). The third-order valence-corrected chi connectivity index (χ3v) is 3.61. The fourth-order valence-corrected chi connectivity index (χ4v) is 2.33. The lowest BCUT2D eigenvalue weighted by Gasteiger charge is -2.11. The van der Waals surface area contributed by atoms with Crippen molar-refractivity contribution >= 4 is 23.4 Å². The average Bonchev–Trinajstić information content (AvgIpc) is 2.54. The topological polar surface area (TPSA) is 60.5 Å². The number of pyridine rings is 1. The summed E-state index contributed by atoms with van der Waals surface area (Å²) < 4.78 is 10.4. The van der Waals surface area contributed by atoms with Gasteiger partial charge in [-0.3, -0.25) is 4.79 Å². The molecule has 0 aliphatic heterocycles. The number of anilines is 1. The van der Waals surface area contributed by atoms with E-state index < -0.39 is 0 Å². The molecule has 2 rings (SSSR count). The molecule has 5 nitrogen and oxygen atoms in total. The Morgan fingerprint density at radius 2 is 2.10 bits per heavy atom. The van der Waals surface area contributed by atoms with E-state index in [1.165, 1.54) is 11.8 Å². The van der Waals surface area contributed by atoms with Crippen LogP contribution in [0.5, 0.6) is 11.5 Å². The molecule has 6 heteroatoms. The highest BCUT2D eigenvalue weighted by Crippen LogP contribution is 2.29. The Morgan fingerprint density at radius 3 is 2.76 bits per heavy atom. The first-order valence-corrected chi connectivity index (χ1v) is 7.27. The highest BCUT2D eigenvalue weighted by atomic mass is 32.2. The van der Waals surface area contributed by atoms with Crippen molar-refractivity contribution in [2.24, 2.45) is 0 Å². The van der Waals surface area contributed by atoms with Crippen molar-refractivity contribution in [2.45, 2.75) is 5.03 Å². The zero-order chi connectivity index (χ0) is 15.1. The number of aromatic nitrogens is 1. The van der Waals surface area contributed by atoms with Gasteiger partial charge in [0.25, 0.3) is 0 Å². The van der Waals surface area contributed by atoms with Crippen LogP contribution in [0, 0.1) is 0 Å². The molecule has 1 heterocycles. The summed E-state index contributed by atoms with van der Waals surface area (Å²) in [5, 5.41) is 3.62. The second kappa shape index (κ2) is 7.54. The van der Waals surface area contributed by atoms with Gasteiger partial charge in [-0.2, -0.15) is 0 Å². The number of rotatable bonds is 6. The van der Waals surface area contributed by atoms with Crippen LogP contribution >= 0.6 is 11.8 Å². The van der Waals surface area contributed by atoms with Gasteiger partial charge in [-0.05, 0) is 24.3 Å². The molecule has 21 heavy (non-hydrogen) atoms. The highest BCUT2D eigenvalue weighted by molar-refractivity contribution is 7.99. The number of methoxy groups -OCH3 is 2. The first-order valence-electron chi connectivity index (χ1n) is 6.28. The molecular weight excluding hydrogens is 288 g/mol. The lowest BCUT2D eigenvalue weighted by Crippen LogP contribution is -2.14. The second-order valence-corrected chi connectivity index (χ2v) is 5.07. The van der Waals surface area contributed by atoms with Crippen molar-refractivity contribution in [3.05, 3.63) is 42.6 Å². The number of hydrogen-bond donors (Lipinski definition) is 1. The van der Waals surface area contributed by atoms with Gasteiger partial charge in [0.05, 0.1) is 30.7 Å². The fraction of sp³-hybridized carbons (Fsp3) is 0.200. The number of benzene rings is 1. The molecular formula is C15H16N2O3S. The van der Waals surface area contributed by atoms with Crippen LogP contribution in [0.1, 0.15) is 0 Å². The van der Waals surface area contributed by atoms with Crippen LogP contribution in [0.25, 0.3) is 0 Å². The predicted molar refractivity (Wildman–Crippen MR) is 83.1 cm³/mol. The van der Waals surface area contributed by atoms with Gasteiger partial charge in [0.2, 0.25) is 5.91 Å². The number of amides is 1. The van der Waals surface area contributed by atoms with Gasteiger partial charge < -0.3 is 14.8 Å². The van der Waals surface area contributed by atoms with Crippen LogP contribution in [0.2, 0.25) is 0 Å². The van der Waals surface area contributed by atoms with E-state index in [-0.39, 0.29) is 11.7 Å². The maximum atomic E-state index is 12.0. The number of carbonyl (C=O) groups excluding carboxylic acids is 1. The van der Waals surface area contributed by atoms with Crippen molar-refractivity contribution in [3.63, 3.8) is 0 Å². The smallest absolute Gasteiger partial charge is 0.234 e. The quantitative estimate of drug-likeness (QED) is 0.832. The largest absolute Gasteiger partial charge is 0.497 e. The lowest BCUT2D eigenvalue weighted by atomic mass is 10.2. The zero-order valence-electron chi connectivity index (χ0n) is 11.8. The molecule has 110 valence electrons. The van der Waals surface area contributed by atoms with Crippen LogP contribution in [0.3, 0.4) is 0 Å². The van der Waals surface area contributed by atoms with Crippen molar-refractivity contribution in [1.29, 1.82) is 0 Å². The molecule has 0 radical (unpaired) electrons. The third-order valence-electron chi connectivity index (χ3n) is 2.67. The monoisotopic (exact) mass is 304 g/mol. The molecule has 0 aliphatic rings. The van der Waals surface area contributed by atoms with Gasteiger partial charge in [-0.15, -0.1) is 0 Å². The summed E-state index contributed by atoms with van der Waals surface area (Å²) in [4.78, 5) is 16.2. The highest BCUT2D eigenvalue weighted by Gasteiger charge is 2.09. The number of ether oxygens (including phenoxy) is 2. The van der Waals surface area contributed by atoms with Crippen LogP contribution in [-0.4, -0.2) is 30.9 Å². The number of nitrogens with one attached hydrogen (secondary N) is 1. The average molecular weight is 304 g/mol. The Labute approximate surface area is 127 Å². The fourth-order valence-electron chi connectivity index (χ4n) is 1.67. The molecule has 0 unspecified atom stereocenters. The van der Waals surface area contributed by atoms with Crippen molar-refractivity contribution in [3.8, 4) is 11.5 Å². The van der Waals surface area contributed by atoms with Crippen LogP contribution in [-0.2, 0) is 4.79 Å². The summed E-state index contributed by atoms with van der Waals surface area (Å²) in [5.74, 6) is 1.39. The van der Waals surface area contributed by atoms with E-state index in [0.29, 0.717) is 17.2 Å². The molecule has 0 bridgehead atoms. The Kier molecular flexibility index (Phi) is 5.45. The maximum Gasteiger partial charge on any atom is 0.234 e. The third kappa shape index (κ3) is 4.39. The molecule has 0 atom stereocenters. The summed E-state index contributed by atoms with van der Waals surface area (Å²) in [6.07, 6.45) is 1.70. The number of thioether (sulfide) groups is 1.